The van der Waals surface area contributed by atoms with Crippen molar-refractivity contribution < 1.29 is 4.79 Å². The largest absolute Gasteiger partial charge is 0.337 e. The molecule has 0 spiro atoms. The smallest absolute Gasteiger partial charge is 0.274 e. The van der Waals surface area contributed by atoms with Crippen LogP contribution in [0, 0.1) is 5.92 Å². The molecule has 1 aromatic rings. The number of amides is 1. The third-order valence-electron chi connectivity index (χ3n) is 5.14. The number of likely N-dealkylation sites (tertiary alicyclic amines) is 1. The lowest BCUT2D eigenvalue weighted by Gasteiger charge is -2.41. The minimum atomic E-state index is 0.0181. The van der Waals surface area contributed by atoms with Crippen LogP contribution in [0.25, 0.3) is 0 Å². The second kappa shape index (κ2) is 7.36. The van der Waals surface area contributed by atoms with Crippen LogP contribution in [0.1, 0.15) is 30.3 Å². The lowest BCUT2D eigenvalue weighted by molar-refractivity contribution is 0.0552. The SMILES string of the molecule is C[C@@H]1CN(C)CCN1CC1CCN(C(=O)c2cnccn2)CC1. The zero-order chi connectivity index (χ0) is 16.2. The Hall–Kier alpha value is -1.53. The van der Waals surface area contributed by atoms with Gasteiger partial charge >= 0.3 is 0 Å². The number of likely N-dealkylation sites (N-methyl/N-ethyl adjacent to an activating group) is 1. The van der Waals surface area contributed by atoms with E-state index in [1.165, 1.54) is 6.54 Å². The number of hydrogen-bond donors (Lipinski definition) is 0. The van der Waals surface area contributed by atoms with Gasteiger partial charge in [0.15, 0.2) is 0 Å². The lowest BCUT2D eigenvalue weighted by Crippen LogP contribution is -2.52. The molecule has 1 atom stereocenters. The van der Waals surface area contributed by atoms with Gasteiger partial charge in [-0.15, -0.1) is 0 Å². The first-order valence-corrected chi connectivity index (χ1v) is 8.61. The molecule has 6 heteroatoms. The summed E-state index contributed by atoms with van der Waals surface area (Å²) < 4.78 is 0. The highest BCUT2D eigenvalue weighted by atomic mass is 16.2. The average Bonchev–Trinajstić information content (AvgIpc) is 2.58. The number of hydrogen-bond acceptors (Lipinski definition) is 5. The van der Waals surface area contributed by atoms with Crippen LogP contribution in [-0.2, 0) is 0 Å². The molecule has 2 aliphatic rings. The number of nitrogens with zero attached hydrogens (tertiary/aromatic N) is 5. The number of piperazine rings is 1. The predicted octanol–water partition coefficient (Wildman–Crippen LogP) is 0.965. The molecule has 0 N–H and O–H groups in total. The van der Waals surface area contributed by atoms with E-state index in [1.54, 1.807) is 18.6 Å². The summed E-state index contributed by atoms with van der Waals surface area (Å²) in [6.07, 6.45) is 6.91. The minimum absolute atomic E-state index is 0.0181. The Morgan fingerprint density at radius 3 is 2.65 bits per heavy atom. The molecule has 2 saturated heterocycles. The van der Waals surface area contributed by atoms with Gasteiger partial charge in [-0.3, -0.25) is 14.7 Å². The molecule has 23 heavy (non-hydrogen) atoms. The number of carbonyl (C=O) groups excluding carboxylic acids is 1. The molecule has 1 aromatic heterocycles. The van der Waals surface area contributed by atoms with Crippen molar-refractivity contribution in [3.63, 3.8) is 0 Å². The Morgan fingerprint density at radius 2 is 2.00 bits per heavy atom. The van der Waals surface area contributed by atoms with Crippen molar-refractivity contribution in [2.75, 3.05) is 46.3 Å². The van der Waals surface area contributed by atoms with Crippen molar-refractivity contribution in [1.29, 1.82) is 0 Å². The molecule has 0 saturated carbocycles. The molecule has 3 rings (SSSR count). The summed E-state index contributed by atoms with van der Waals surface area (Å²) in [4.78, 5) is 27.4. The molecule has 3 heterocycles. The van der Waals surface area contributed by atoms with Gasteiger partial charge in [0.05, 0.1) is 6.20 Å². The van der Waals surface area contributed by atoms with Gasteiger partial charge in [0.1, 0.15) is 5.69 Å². The molecule has 0 bridgehead atoms. The number of aromatic nitrogens is 2. The van der Waals surface area contributed by atoms with Crippen LogP contribution >= 0.6 is 0 Å². The van der Waals surface area contributed by atoms with E-state index < -0.39 is 0 Å². The maximum atomic E-state index is 12.4. The van der Waals surface area contributed by atoms with E-state index in [2.05, 4.69) is 33.7 Å². The van der Waals surface area contributed by atoms with E-state index in [1.807, 2.05) is 4.90 Å². The van der Waals surface area contributed by atoms with Crippen molar-refractivity contribution in [1.82, 2.24) is 24.7 Å². The molecule has 2 fully saturated rings. The zero-order valence-corrected chi connectivity index (χ0v) is 14.2. The van der Waals surface area contributed by atoms with Gasteiger partial charge in [0.25, 0.3) is 5.91 Å². The van der Waals surface area contributed by atoms with Crippen LogP contribution < -0.4 is 0 Å². The third kappa shape index (κ3) is 4.06. The van der Waals surface area contributed by atoms with Gasteiger partial charge in [-0.1, -0.05) is 0 Å². The maximum Gasteiger partial charge on any atom is 0.274 e. The molecule has 2 aliphatic heterocycles. The van der Waals surface area contributed by atoms with Crippen molar-refractivity contribution in [2.45, 2.75) is 25.8 Å². The second-order valence-corrected chi connectivity index (χ2v) is 6.93. The highest BCUT2D eigenvalue weighted by molar-refractivity contribution is 5.91. The first-order chi connectivity index (χ1) is 11.1. The summed E-state index contributed by atoms with van der Waals surface area (Å²) in [5.41, 5.74) is 0.457. The minimum Gasteiger partial charge on any atom is -0.337 e. The van der Waals surface area contributed by atoms with E-state index in [0.29, 0.717) is 17.7 Å². The van der Waals surface area contributed by atoms with Crippen LogP contribution in [-0.4, -0.2) is 82.9 Å². The molecule has 1 amide bonds. The Bertz CT molecular complexity index is 515. The van der Waals surface area contributed by atoms with Crippen molar-refractivity contribution in [3.05, 3.63) is 24.3 Å². The highest BCUT2D eigenvalue weighted by Crippen LogP contribution is 2.21. The fourth-order valence-electron chi connectivity index (χ4n) is 3.67. The Morgan fingerprint density at radius 1 is 1.22 bits per heavy atom. The second-order valence-electron chi connectivity index (χ2n) is 6.93. The summed E-state index contributed by atoms with van der Waals surface area (Å²) in [5.74, 6) is 0.719. The molecule has 0 radical (unpaired) electrons. The summed E-state index contributed by atoms with van der Waals surface area (Å²) in [6, 6.07) is 0.632. The van der Waals surface area contributed by atoms with Gasteiger partial charge in [-0.2, -0.15) is 0 Å². The van der Waals surface area contributed by atoms with Gasteiger partial charge in [0.2, 0.25) is 0 Å². The molecule has 6 nitrogen and oxygen atoms in total. The number of carbonyl (C=O) groups is 1. The highest BCUT2D eigenvalue weighted by Gasteiger charge is 2.28. The van der Waals surface area contributed by atoms with Crippen LogP contribution in [0.4, 0.5) is 0 Å². The monoisotopic (exact) mass is 317 g/mol. The molecule has 126 valence electrons. The fourth-order valence-corrected chi connectivity index (χ4v) is 3.67. The van der Waals surface area contributed by atoms with E-state index in [-0.39, 0.29) is 5.91 Å². The van der Waals surface area contributed by atoms with E-state index in [4.69, 9.17) is 0 Å². The summed E-state index contributed by atoms with van der Waals surface area (Å²) >= 11 is 0. The lowest BCUT2D eigenvalue weighted by atomic mass is 9.95. The predicted molar refractivity (Wildman–Crippen MR) is 89.2 cm³/mol. The standard InChI is InChI=1S/C17H27N5O/c1-14-12-20(2)9-10-22(14)13-15-3-7-21(8-4-15)17(23)16-11-18-5-6-19-16/h5-6,11,14-15H,3-4,7-10,12-13H2,1-2H3/t14-/m1/s1. The van der Waals surface area contributed by atoms with E-state index in [0.717, 1.165) is 45.6 Å². The van der Waals surface area contributed by atoms with Gasteiger partial charge in [0, 0.05) is 57.7 Å². The van der Waals surface area contributed by atoms with E-state index in [9.17, 15) is 4.79 Å². The summed E-state index contributed by atoms with van der Waals surface area (Å²) in [5, 5.41) is 0. The van der Waals surface area contributed by atoms with Crippen molar-refractivity contribution in [3.8, 4) is 0 Å². The third-order valence-corrected chi connectivity index (χ3v) is 5.14. The van der Waals surface area contributed by atoms with Crippen LogP contribution in [0.2, 0.25) is 0 Å². The van der Waals surface area contributed by atoms with Gasteiger partial charge in [-0.25, -0.2) is 4.98 Å². The topological polar surface area (TPSA) is 52.6 Å². The number of rotatable bonds is 3. The van der Waals surface area contributed by atoms with Gasteiger partial charge in [-0.05, 0) is 32.7 Å². The van der Waals surface area contributed by atoms with E-state index >= 15 is 0 Å². The average molecular weight is 317 g/mol. The number of piperidine rings is 1. The van der Waals surface area contributed by atoms with Crippen LogP contribution in [0.15, 0.2) is 18.6 Å². The Balaban J connectivity index is 1.48. The first kappa shape index (κ1) is 16.3. The summed E-state index contributed by atoms with van der Waals surface area (Å²) in [6.45, 7) is 8.64. The van der Waals surface area contributed by atoms with Crippen molar-refractivity contribution >= 4 is 5.91 Å². The molecule has 0 aliphatic carbocycles. The molecular weight excluding hydrogens is 290 g/mol. The normalized spacial score (nSPS) is 24.8. The van der Waals surface area contributed by atoms with Gasteiger partial charge < -0.3 is 9.80 Å². The molecule has 0 aromatic carbocycles. The molecule has 0 unspecified atom stereocenters. The first-order valence-electron chi connectivity index (χ1n) is 8.61. The Labute approximate surface area is 138 Å². The Kier molecular flexibility index (Phi) is 5.23. The zero-order valence-electron chi connectivity index (χ0n) is 14.2. The van der Waals surface area contributed by atoms with Crippen LogP contribution in [0.3, 0.4) is 0 Å². The van der Waals surface area contributed by atoms with Crippen LogP contribution in [0.5, 0.6) is 0 Å². The quantitative estimate of drug-likeness (QED) is 0.831. The summed E-state index contributed by atoms with van der Waals surface area (Å²) in [7, 11) is 2.20. The maximum absolute atomic E-state index is 12.4. The van der Waals surface area contributed by atoms with Crippen molar-refractivity contribution in [2.24, 2.45) is 5.92 Å². The fraction of sp³-hybridized carbons (Fsp3) is 0.706. The molecular formula is C17H27N5O.